The second kappa shape index (κ2) is 5.78. The van der Waals surface area contributed by atoms with Gasteiger partial charge < -0.3 is 4.90 Å². The summed E-state index contributed by atoms with van der Waals surface area (Å²) < 4.78 is 27.6. The molecular weight excluding hydrogens is 380 g/mol. The van der Waals surface area contributed by atoms with Crippen LogP contribution in [0.2, 0.25) is 0 Å². The van der Waals surface area contributed by atoms with E-state index < -0.39 is 20.9 Å². The average Bonchev–Trinajstić information content (AvgIpc) is 2.83. The Kier molecular flexibility index (Phi) is 4.48. The van der Waals surface area contributed by atoms with Gasteiger partial charge in [-0.3, -0.25) is 4.79 Å². The molecule has 2 saturated carbocycles. The largest absolute Gasteiger partial charge is 0.301 e. The van der Waals surface area contributed by atoms with E-state index >= 15 is 0 Å². The summed E-state index contributed by atoms with van der Waals surface area (Å²) in [6.45, 7) is 9.79. The normalized spacial score (nSPS) is 42.5. The lowest BCUT2D eigenvalue weighted by atomic mass is 9.70. The SMILES string of the molecule is CCN1CCN(S(=O)(=O)C[C@@]2(C)[C@@H]3CC[C@]2(C)C(=O)[C@@H]3Br)CC1. The van der Waals surface area contributed by atoms with Gasteiger partial charge in [0.15, 0.2) is 5.78 Å². The Morgan fingerprint density at radius 3 is 2.30 bits per heavy atom. The van der Waals surface area contributed by atoms with Crippen LogP contribution in [0.15, 0.2) is 0 Å². The van der Waals surface area contributed by atoms with Crippen molar-refractivity contribution in [3.8, 4) is 0 Å². The van der Waals surface area contributed by atoms with E-state index in [2.05, 4.69) is 27.8 Å². The molecule has 3 rings (SSSR count). The maximum atomic E-state index is 13.0. The zero-order chi connectivity index (χ0) is 17.0. The van der Waals surface area contributed by atoms with Crippen molar-refractivity contribution in [2.24, 2.45) is 16.7 Å². The number of halogens is 1. The fourth-order valence-corrected chi connectivity index (χ4v) is 8.42. The minimum Gasteiger partial charge on any atom is -0.301 e. The van der Waals surface area contributed by atoms with E-state index in [1.165, 1.54) is 0 Å². The molecule has 23 heavy (non-hydrogen) atoms. The molecule has 0 radical (unpaired) electrons. The van der Waals surface area contributed by atoms with Crippen molar-refractivity contribution >= 4 is 31.7 Å². The van der Waals surface area contributed by atoms with Crippen LogP contribution in [0.5, 0.6) is 0 Å². The van der Waals surface area contributed by atoms with Gasteiger partial charge in [-0.1, -0.05) is 36.7 Å². The molecule has 0 aromatic carbocycles. The molecule has 0 amide bonds. The number of carbonyl (C=O) groups is 1. The number of hydrogen-bond acceptors (Lipinski definition) is 4. The van der Waals surface area contributed by atoms with Crippen LogP contribution in [0, 0.1) is 16.7 Å². The highest BCUT2D eigenvalue weighted by molar-refractivity contribution is 9.10. The van der Waals surface area contributed by atoms with Crippen LogP contribution in [0.4, 0.5) is 0 Å². The van der Waals surface area contributed by atoms with E-state index in [4.69, 9.17) is 0 Å². The molecule has 1 aliphatic heterocycles. The summed E-state index contributed by atoms with van der Waals surface area (Å²) in [5, 5.41) is 0. The van der Waals surface area contributed by atoms with E-state index in [1.807, 2.05) is 13.8 Å². The molecule has 2 bridgehead atoms. The Labute approximate surface area is 148 Å². The molecule has 0 aromatic heterocycles. The number of sulfonamides is 1. The van der Waals surface area contributed by atoms with Crippen molar-refractivity contribution < 1.29 is 13.2 Å². The number of likely N-dealkylation sites (N-methyl/N-ethyl adjacent to an activating group) is 1. The Morgan fingerprint density at radius 2 is 1.83 bits per heavy atom. The molecule has 5 nitrogen and oxygen atoms in total. The number of carbonyl (C=O) groups excluding carboxylic acids is 1. The summed E-state index contributed by atoms with van der Waals surface area (Å²) in [4.78, 5) is 14.7. The van der Waals surface area contributed by atoms with Gasteiger partial charge in [-0.05, 0) is 30.7 Å². The molecule has 3 fully saturated rings. The number of ketones is 1. The van der Waals surface area contributed by atoms with E-state index in [0.29, 0.717) is 13.1 Å². The quantitative estimate of drug-likeness (QED) is 0.666. The van der Waals surface area contributed by atoms with E-state index in [9.17, 15) is 13.2 Å². The summed E-state index contributed by atoms with van der Waals surface area (Å²) >= 11 is 3.53. The van der Waals surface area contributed by atoms with Gasteiger partial charge in [0, 0.05) is 31.6 Å². The number of hydrogen-bond donors (Lipinski definition) is 0. The highest BCUT2D eigenvalue weighted by Gasteiger charge is 2.68. The predicted octanol–water partition coefficient (Wildman–Crippen LogP) is 1.72. The number of piperazine rings is 1. The van der Waals surface area contributed by atoms with Gasteiger partial charge in [0.25, 0.3) is 0 Å². The van der Waals surface area contributed by atoms with Crippen molar-refractivity contribution in [1.29, 1.82) is 0 Å². The van der Waals surface area contributed by atoms with Crippen LogP contribution in [0.3, 0.4) is 0 Å². The topological polar surface area (TPSA) is 57.7 Å². The summed E-state index contributed by atoms with van der Waals surface area (Å²) in [5.41, 5.74) is -0.969. The van der Waals surface area contributed by atoms with Crippen molar-refractivity contribution in [1.82, 2.24) is 9.21 Å². The number of fused-ring (bicyclic) bond motifs is 2. The van der Waals surface area contributed by atoms with Crippen molar-refractivity contribution in [3.63, 3.8) is 0 Å². The molecule has 4 atom stereocenters. The third-order valence-electron chi connectivity index (χ3n) is 6.84. The Hall–Kier alpha value is 0.0200. The molecule has 1 saturated heterocycles. The summed E-state index contributed by atoms with van der Waals surface area (Å²) in [6.07, 6.45) is 1.75. The summed E-state index contributed by atoms with van der Waals surface area (Å²) in [5.74, 6) is 0.426. The highest BCUT2D eigenvalue weighted by Crippen LogP contribution is 2.65. The standard InChI is InChI=1S/C16H27BrN2O3S/c1-4-18-7-9-19(10-8-18)23(21,22)11-16(3)12-5-6-15(16,2)14(20)13(12)17/h12-13H,4-11H2,1-3H3/t12-,13-,15-,16+/m1/s1. The molecule has 1 heterocycles. The Bertz CT molecular complexity index is 602. The molecule has 0 unspecified atom stereocenters. The second-order valence-corrected chi connectivity index (χ2v) is 10.7. The second-order valence-electron chi connectivity index (χ2n) is 7.75. The predicted molar refractivity (Wildman–Crippen MR) is 94.1 cm³/mol. The Balaban J connectivity index is 1.80. The van der Waals surface area contributed by atoms with E-state index in [1.54, 1.807) is 4.31 Å². The van der Waals surface area contributed by atoms with E-state index in [-0.39, 0.29) is 22.3 Å². The van der Waals surface area contributed by atoms with Crippen LogP contribution >= 0.6 is 15.9 Å². The minimum atomic E-state index is -3.33. The molecule has 132 valence electrons. The zero-order valence-corrected chi connectivity index (χ0v) is 16.6. The first-order chi connectivity index (χ1) is 10.7. The van der Waals surface area contributed by atoms with E-state index in [0.717, 1.165) is 32.5 Å². The smallest absolute Gasteiger partial charge is 0.214 e. The maximum Gasteiger partial charge on any atom is 0.214 e. The van der Waals surface area contributed by atoms with Crippen LogP contribution < -0.4 is 0 Å². The number of alkyl halides is 1. The van der Waals surface area contributed by atoms with Gasteiger partial charge in [0.1, 0.15) is 0 Å². The van der Waals surface area contributed by atoms with Gasteiger partial charge in [-0.2, -0.15) is 4.31 Å². The lowest BCUT2D eigenvalue weighted by Crippen LogP contribution is -2.52. The lowest BCUT2D eigenvalue weighted by Gasteiger charge is -2.39. The first-order valence-electron chi connectivity index (χ1n) is 8.54. The number of nitrogens with zero attached hydrogens (tertiary/aromatic N) is 2. The van der Waals surface area contributed by atoms with Gasteiger partial charge >= 0.3 is 0 Å². The van der Waals surface area contributed by atoms with Gasteiger partial charge in [-0.25, -0.2) is 8.42 Å². The molecule has 2 aliphatic carbocycles. The average molecular weight is 407 g/mol. The maximum absolute atomic E-state index is 13.0. The van der Waals surface area contributed by atoms with Crippen molar-refractivity contribution in [2.75, 3.05) is 38.5 Å². The highest BCUT2D eigenvalue weighted by atomic mass is 79.9. The fraction of sp³-hybridized carbons (Fsp3) is 0.938. The minimum absolute atomic E-state index is 0.0983. The van der Waals surface area contributed by atoms with Gasteiger partial charge in [0.2, 0.25) is 10.0 Å². The third-order valence-corrected chi connectivity index (χ3v) is 10.0. The Morgan fingerprint density at radius 1 is 1.22 bits per heavy atom. The first kappa shape index (κ1) is 17.8. The summed E-state index contributed by atoms with van der Waals surface area (Å²) in [7, 11) is -3.33. The fourth-order valence-electron chi connectivity index (χ4n) is 4.88. The molecule has 7 heteroatoms. The summed E-state index contributed by atoms with van der Waals surface area (Å²) in [6, 6.07) is 0. The molecule has 3 aliphatic rings. The van der Waals surface area contributed by atoms with Crippen LogP contribution in [0.25, 0.3) is 0 Å². The van der Waals surface area contributed by atoms with Crippen LogP contribution in [-0.2, 0) is 14.8 Å². The molecular formula is C16H27BrN2O3S. The number of Topliss-reactive ketones (excluding diaryl/α,β-unsaturated/α-hetero) is 1. The number of rotatable bonds is 4. The molecule has 0 N–H and O–H groups in total. The molecule has 0 aromatic rings. The van der Waals surface area contributed by atoms with Gasteiger partial charge in [-0.15, -0.1) is 0 Å². The van der Waals surface area contributed by atoms with Crippen LogP contribution in [0.1, 0.15) is 33.6 Å². The van der Waals surface area contributed by atoms with Crippen molar-refractivity contribution in [2.45, 2.75) is 38.4 Å². The first-order valence-corrected chi connectivity index (χ1v) is 11.1. The van der Waals surface area contributed by atoms with Gasteiger partial charge in [0.05, 0.1) is 10.6 Å². The monoisotopic (exact) mass is 406 g/mol. The zero-order valence-electron chi connectivity index (χ0n) is 14.2. The van der Waals surface area contributed by atoms with Crippen molar-refractivity contribution in [3.05, 3.63) is 0 Å². The lowest BCUT2D eigenvalue weighted by molar-refractivity contribution is -0.127. The molecule has 0 spiro atoms. The van der Waals surface area contributed by atoms with Crippen LogP contribution in [-0.4, -0.2) is 66.7 Å². The third kappa shape index (κ3) is 2.53.